The Morgan fingerprint density at radius 1 is 1.15 bits per heavy atom. The van der Waals surface area contributed by atoms with Crippen LogP contribution >= 0.6 is 0 Å². The summed E-state index contributed by atoms with van der Waals surface area (Å²) in [4.78, 5) is 11.7. The molecule has 3 rings (SSSR count). The summed E-state index contributed by atoms with van der Waals surface area (Å²) >= 11 is 0. The van der Waals surface area contributed by atoms with Crippen LogP contribution in [0.15, 0.2) is 42.5 Å². The van der Waals surface area contributed by atoms with E-state index in [9.17, 15) is 9.18 Å². The van der Waals surface area contributed by atoms with Crippen LogP contribution < -0.4 is 0 Å². The molecule has 0 radical (unpaired) electrons. The van der Waals surface area contributed by atoms with Crippen molar-refractivity contribution in [2.75, 3.05) is 0 Å². The topological polar surface area (TPSA) is 50.1 Å². The fraction of sp³-hybridized carbons (Fsp3) is 0. The number of nitrogens with zero attached hydrogens (tertiary/aromatic N) is 1. The summed E-state index contributed by atoms with van der Waals surface area (Å²) in [5.74, 6) is -0.660. The number of esters is 1. The SMILES string of the molecule is N#Cc1ccc(C=C2OC(=O)c3ccccc32)c(F)c1. The second-order valence-corrected chi connectivity index (χ2v) is 4.29. The summed E-state index contributed by atoms with van der Waals surface area (Å²) < 4.78 is 19.0. The normalized spacial score (nSPS) is 14.8. The molecular formula is C16H8FNO2. The quantitative estimate of drug-likeness (QED) is 0.743. The molecule has 1 heterocycles. The van der Waals surface area contributed by atoms with E-state index in [0.717, 1.165) is 6.07 Å². The Morgan fingerprint density at radius 3 is 2.60 bits per heavy atom. The molecule has 0 saturated heterocycles. The van der Waals surface area contributed by atoms with Gasteiger partial charge in [-0.3, -0.25) is 0 Å². The van der Waals surface area contributed by atoms with E-state index in [1.165, 1.54) is 18.2 Å². The van der Waals surface area contributed by atoms with Crippen LogP contribution in [0.2, 0.25) is 0 Å². The van der Waals surface area contributed by atoms with Gasteiger partial charge in [-0.25, -0.2) is 9.18 Å². The number of hydrogen-bond donors (Lipinski definition) is 0. The van der Waals surface area contributed by atoms with Crippen molar-refractivity contribution in [3.8, 4) is 6.07 Å². The Morgan fingerprint density at radius 2 is 1.90 bits per heavy atom. The van der Waals surface area contributed by atoms with Gasteiger partial charge < -0.3 is 4.74 Å². The van der Waals surface area contributed by atoms with E-state index in [1.54, 1.807) is 24.3 Å². The number of hydrogen-bond acceptors (Lipinski definition) is 3. The van der Waals surface area contributed by atoms with Gasteiger partial charge in [0.15, 0.2) is 0 Å². The van der Waals surface area contributed by atoms with Gasteiger partial charge in [-0.2, -0.15) is 5.26 Å². The van der Waals surface area contributed by atoms with Gasteiger partial charge >= 0.3 is 5.97 Å². The number of nitriles is 1. The number of ether oxygens (including phenoxy) is 1. The molecular weight excluding hydrogens is 257 g/mol. The highest BCUT2D eigenvalue weighted by Gasteiger charge is 2.25. The minimum absolute atomic E-state index is 0.244. The molecule has 96 valence electrons. The average molecular weight is 265 g/mol. The summed E-state index contributed by atoms with van der Waals surface area (Å²) in [5, 5.41) is 8.70. The monoisotopic (exact) mass is 265 g/mol. The van der Waals surface area contributed by atoms with E-state index in [1.807, 2.05) is 6.07 Å². The summed E-state index contributed by atoms with van der Waals surface area (Å²) in [6, 6.07) is 12.9. The van der Waals surface area contributed by atoms with Gasteiger partial charge in [0.05, 0.1) is 17.2 Å². The van der Waals surface area contributed by atoms with E-state index in [4.69, 9.17) is 10.00 Å². The van der Waals surface area contributed by atoms with E-state index in [-0.39, 0.29) is 11.1 Å². The van der Waals surface area contributed by atoms with E-state index in [2.05, 4.69) is 0 Å². The van der Waals surface area contributed by atoms with Crippen LogP contribution in [0.3, 0.4) is 0 Å². The lowest BCUT2D eigenvalue weighted by molar-refractivity contribution is 0.0717. The number of carbonyl (C=O) groups is 1. The van der Waals surface area contributed by atoms with Crippen molar-refractivity contribution in [1.82, 2.24) is 0 Å². The lowest BCUT2D eigenvalue weighted by atomic mass is 10.1. The smallest absolute Gasteiger partial charge is 0.344 e. The first-order valence-corrected chi connectivity index (χ1v) is 5.92. The van der Waals surface area contributed by atoms with Crippen LogP contribution in [0.4, 0.5) is 4.39 Å². The summed E-state index contributed by atoms with van der Waals surface area (Å²) in [7, 11) is 0. The number of halogens is 1. The van der Waals surface area contributed by atoms with Crippen LogP contribution in [-0.4, -0.2) is 5.97 Å². The third kappa shape index (κ3) is 1.95. The molecule has 20 heavy (non-hydrogen) atoms. The average Bonchev–Trinajstić information content (AvgIpc) is 2.78. The highest BCUT2D eigenvalue weighted by Crippen LogP contribution is 2.31. The largest absolute Gasteiger partial charge is 0.422 e. The number of benzene rings is 2. The van der Waals surface area contributed by atoms with Crippen molar-refractivity contribution in [3.63, 3.8) is 0 Å². The lowest BCUT2D eigenvalue weighted by Crippen LogP contribution is -1.92. The minimum atomic E-state index is -0.531. The third-order valence-corrected chi connectivity index (χ3v) is 3.03. The van der Waals surface area contributed by atoms with Crippen molar-refractivity contribution in [3.05, 3.63) is 70.5 Å². The molecule has 0 aromatic heterocycles. The third-order valence-electron chi connectivity index (χ3n) is 3.03. The zero-order valence-electron chi connectivity index (χ0n) is 10.3. The fourth-order valence-corrected chi connectivity index (χ4v) is 2.05. The van der Waals surface area contributed by atoms with Crippen molar-refractivity contribution in [2.45, 2.75) is 0 Å². The first-order valence-electron chi connectivity index (χ1n) is 5.92. The molecule has 1 aliphatic heterocycles. The molecule has 0 fully saturated rings. The van der Waals surface area contributed by atoms with Gasteiger partial charge in [0.25, 0.3) is 0 Å². The molecule has 3 nitrogen and oxygen atoms in total. The molecule has 2 aromatic rings. The number of rotatable bonds is 1. The second-order valence-electron chi connectivity index (χ2n) is 4.29. The molecule has 0 spiro atoms. The first kappa shape index (κ1) is 12.1. The molecule has 0 N–H and O–H groups in total. The lowest BCUT2D eigenvalue weighted by Gasteiger charge is -2.01. The summed E-state index contributed by atoms with van der Waals surface area (Å²) in [6.07, 6.45) is 1.46. The van der Waals surface area contributed by atoms with Gasteiger partial charge in [-0.15, -0.1) is 0 Å². The predicted octanol–water partition coefficient (Wildman–Crippen LogP) is 3.37. The Bertz CT molecular complexity index is 787. The molecule has 0 atom stereocenters. The maximum absolute atomic E-state index is 13.8. The Labute approximate surface area is 114 Å². The Kier molecular flexibility index (Phi) is 2.81. The van der Waals surface area contributed by atoms with Gasteiger partial charge in [-0.1, -0.05) is 24.3 Å². The van der Waals surface area contributed by atoms with Crippen LogP contribution in [0, 0.1) is 17.1 Å². The molecule has 0 saturated carbocycles. The zero-order valence-corrected chi connectivity index (χ0v) is 10.3. The summed E-state index contributed by atoms with van der Waals surface area (Å²) in [6.45, 7) is 0. The minimum Gasteiger partial charge on any atom is -0.422 e. The molecule has 0 unspecified atom stereocenters. The standard InChI is InChI=1S/C16H8FNO2/c17-14-7-10(9-18)5-6-11(14)8-15-12-3-1-2-4-13(12)16(19)20-15/h1-8H. The number of fused-ring (bicyclic) bond motifs is 1. The van der Waals surface area contributed by atoms with Crippen LogP contribution in [0.25, 0.3) is 11.8 Å². The second kappa shape index (κ2) is 4.63. The maximum Gasteiger partial charge on any atom is 0.344 e. The van der Waals surface area contributed by atoms with Gasteiger partial charge in [0.1, 0.15) is 11.6 Å². The Hall–Kier alpha value is -2.93. The van der Waals surface area contributed by atoms with Crippen molar-refractivity contribution >= 4 is 17.8 Å². The molecule has 1 aliphatic rings. The predicted molar refractivity (Wildman–Crippen MR) is 70.8 cm³/mol. The fourth-order valence-electron chi connectivity index (χ4n) is 2.05. The highest BCUT2D eigenvalue weighted by molar-refractivity contribution is 6.05. The van der Waals surface area contributed by atoms with Gasteiger partial charge in [0.2, 0.25) is 0 Å². The molecule has 4 heteroatoms. The maximum atomic E-state index is 13.8. The van der Waals surface area contributed by atoms with Crippen molar-refractivity contribution in [1.29, 1.82) is 5.26 Å². The zero-order chi connectivity index (χ0) is 14.1. The summed E-state index contributed by atoms with van der Waals surface area (Å²) in [5.41, 5.74) is 1.62. The molecule has 0 amide bonds. The number of carbonyl (C=O) groups excluding carboxylic acids is 1. The van der Waals surface area contributed by atoms with Gasteiger partial charge in [-0.05, 0) is 24.3 Å². The van der Waals surface area contributed by atoms with Gasteiger partial charge in [0, 0.05) is 11.1 Å². The first-order chi connectivity index (χ1) is 9.69. The Balaban J connectivity index is 2.07. The van der Waals surface area contributed by atoms with Crippen molar-refractivity contribution < 1.29 is 13.9 Å². The van der Waals surface area contributed by atoms with E-state index in [0.29, 0.717) is 16.9 Å². The van der Waals surface area contributed by atoms with E-state index >= 15 is 0 Å². The molecule has 0 aliphatic carbocycles. The molecule has 2 aromatic carbocycles. The number of cyclic esters (lactones) is 1. The van der Waals surface area contributed by atoms with Crippen LogP contribution in [-0.2, 0) is 4.74 Å². The van der Waals surface area contributed by atoms with Crippen LogP contribution in [0.1, 0.15) is 27.0 Å². The van der Waals surface area contributed by atoms with Crippen LogP contribution in [0.5, 0.6) is 0 Å². The van der Waals surface area contributed by atoms with Crippen molar-refractivity contribution in [2.24, 2.45) is 0 Å². The van der Waals surface area contributed by atoms with E-state index < -0.39 is 11.8 Å². The highest BCUT2D eigenvalue weighted by atomic mass is 19.1. The molecule has 0 bridgehead atoms.